The van der Waals surface area contributed by atoms with Gasteiger partial charge in [0.1, 0.15) is 5.82 Å². The fraction of sp³-hybridized carbons (Fsp3) is 0.625. The van der Waals surface area contributed by atoms with Gasteiger partial charge < -0.3 is 5.73 Å². The number of nitrogens with zero attached hydrogens (tertiary/aromatic N) is 1. The average molecular weight is 264 g/mol. The molecule has 0 radical (unpaired) electrons. The van der Waals surface area contributed by atoms with E-state index in [0.29, 0.717) is 6.04 Å². The van der Waals surface area contributed by atoms with E-state index in [9.17, 15) is 4.39 Å². The van der Waals surface area contributed by atoms with Gasteiger partial charge in [0.05, 0.1) is 0 Å². The second-order valence-corrected chi connectivity index (χ2v) is 5.79. The summed E-state index contributed by atoms with van der Waals surface area (Å²) in [7, 11) is 0. The number of hydrogen-bond acceptors (Lipinski definition) is 2. The highest BCUT2D eigenvalue weighted by Gasteiger charge is 2.28. The second-order valence-electron chi connectivity index (χ2n) is 5.79. The van der Waals surface area contributed by atoms with E-state index in [1.165, 1.54) is 37.8 Å². The highest BCUT2D eigenvalue weighted by molar-refractivity contribution is 5.21. The van der Waals surface area contributed by atoms with Crippen LogP contribution in [0.2, 0.25) is 0 Å². The van der Waals surface area contributed by atoms with Gasteiger partial charge in [-0.15, -0.1) is 0 Å². The van der Waals surface area contributed by atoms with Gasteiger partial charge in [0.15, 0.2) is 0 Å². The molecule has 0 aromatic heterocycles. The van der Waals surface area contributed by atoms with E-state index in [1.54, 1.807) is 0 Å². The van der Waals surface area contributed by atoms with Gasteiger partial charge in [-0.3, -0.25) is 4.90 Å². The summed E-state index contributed by atoms with van der Waals surface area (Å²) in [5.41, 5.74) is 7.35. The fourth-order valence-electron chi connectivity index (χ4n) is 3.17. The van der Waals surface area contributed by atoms with Crippen molar-refractivity contribution in [2.75, 3.05) is 6.54 Å². The summed E-state index contributed by atoms with van der Waals surface area (Å²) in [5, 5.41) is 0. The van der Waals surface area contributed by atoms with E-state index >= 15 is 0 Å². The molecule has 0 spiro atoms. The van der Waals surface area contributed by atoms with E-state index in [0.717, 1.165) is 12.1 Å². The molecule has 1 aromatic carbocycles. The normalized spacial score (nSPS) is 24.7. The lowest BCUT2D eigenvalue weighted by atomic mass is 9.97. The van der Waals surface area contributed by atoms with Gasteiger partial charge in [-0.25, -0.2) is 4.39 Å². The lowest BCUT2D eigenvalue weighted by Gasteiger charge is -2.38. The molecule has 0 bridgehead atoms. The summed E-state index contributed by atoms with van der Waals surface area (Å²) >= 11 is 0. The van der Waals surface area contributed by atoms with Crippen LogP contribution in [0.15, 0.2) is 24.3 Å². The standard InChI is InChI=1S/C16H25FN2/c1-12-6-4-3-5-11-19(12)16(13(2)18)14-7-9-15(17)10-8-14/h7-10,12-13,16H,3-6,11,18H2,1-2H3. The van der Waals surface area contributed by atoms with Crippen molar-refractivity contribution >= 4 is 0 Å². The third kappa shape index (κ3) is 3.54. The summed E-state index contributed by atoms with van der Waals surface area (Å²) in [4.78, 5) is 2.50. The van der Waals surface area contributed by atoms with Gasteiger partial charge in [-0.1, -0.05) is 25.0 Å². The van der Waals surface area contributed by atoms with Crippen LogP contribution in [-0.2, 0) is 0 Å². The molecule has 2 N–H and O–H groups in total. The minimum Gasteiger partial charge on any atom is -0.326 e. The Morgan fingerprint density at radius 1 is 1.21 bits per heavy atom. The number of nitrogens with two attached hydrogens (primary N) is 1. The van der Waals surface area contributed by atoms with Crippen LogP contribution in [0, 0.1) is 5.82 Å². The summed E-state index contributed by atoms with van der Waals surface area (Å²) in [6.45, 7) is 5.42. The molecule has 0 aliphatic carbocycles. The minimum atomic E-state index is -0.184. The monoisotopic (exact) mass is 264 g/mol. The molecule has 2 rings (SSSR count). The van der Waals surface area contributed by atoms with E-state index in [-0.39, 0.29) is 17.9 Å². The first-order valence-corrected chi connectivity index (χ1v) is 7.36. The van der Waals surface area contributed by atoms with Crippen LogP contribution in [-0.4, -0.2) is 23.5 Å². The third-order valence-corrected chi connectivity index (χ3v) is 4.17. The molecule has 1 aliphatic rings. The van der Waals surface area contributed by atoms with Gasteiger partial charge in [0, 0.05) is 18.1 Å². The quantitative estimate of drug-likeness (QED) is 0.905. The number of halogens is 1. The maximum Gasteiger partial charge on any atom is 0.123 e. The molecule has 0 saturated carbocycles. The molecule has 2 nitrogen and oxygen atoms in total. The van der Waals surface area contributed by atoms with Gasteiger partial charge >= 0.3 is 0 Å². The lowest BCUT2D eigenvalue weighted by Crippen LogP contribution is -2.44. The predicted molar refractivity (Wildman–Crippen MR) is 77.4 cm³/mol. The third-order valence-electron chi connectivity index (χ3n) is 4.17. The van der Waals surface area contributed by atoms with Crippen molar-refractivity contribution in [2.45, 2.75) is 57.7 Å². The maximum atomic E-state index is 13.1. The van der Waals surface area contributed by atoms with E-state index < -0.39 is 0 Å². The molecule has 106 valence electrons. The molecule has 3 heteroatoms. The molecule has 1 fully saturated rings. The van der Waals surface area contributed by atoms with Crippen LogP contribution in [0.4, 0.5) is 4.39 Å². The smallest absolute Gasteiger partial charge is 0.123 e. The van der Waals surface area contributed by atoms with Gasteiger partial charge in [0.25, 0.3) is 0 Å². The summed E-state index contributed by atoms with van der Waals surface area (Å²) in [6.07, 6.45) is 5.06. The Bertz CT molecular complexity index is 388. The molecule has 1 aromatic rings. The first-order chi connectivity index (χ1) is 9.09. The minimum absolute atomic E-state index is 0.0472. The zero-order valence-electron chi connectivity index (χ0n) is 12.0. The second kappa shape index (κ2) is 6.49. The van der Waals surface area contributed by atoms with Crippen LogP contribution in [0.3, 0.4) is 0 Å². The van der Waals surface area contributed by atoms with Crippen LogP contribution < -0.4 is 5.73 Å². The molecule has 1 saturated heterocycles. The van der Waals surface area contributed by atoms with Crippen LogP contribution in [0.1, 0.15) is 51.1 Å². The average Bonchev–Trinajstić information content (AvgIpc) is 2.57. The van der Waals surface area contributed by atoms with Crippen molar-refractivity contribution < 1.29 is 4.39 Å². The first-order valence-electron chi connectivity index (χ1n) is 7.36. The largest absolute Gasteiger partial charge is 0.326 e. The number of likely N-dealkylation sites (tertiary alicyclic amines) is 1. The van der Waals surface area contributed by atoms with Crippen LogP contribution in [0.25, 0.3) is 0 Å². The predicted octanol–water partition coefficient (Wildman–Crippen LogP) is 3.48. The van der Waals surface area contributed by atoms with E-state index in [4.69, 9.17) is 5.73 Å². The Balaban J connectivity index is 2.25. The summed E-state index contributed by atoms with van der Waals surface area (Å²) < 4.78 is 13.1. The maximum absolute atomic E-state index is 13.1. The van der Waals surface area contributed by atoms with Crippen LogP contribution in [0.5, 0.6) is 0 Å². The topological polar surface area (TPSA) is 29.3 Å². The van der Waals surface area contributed by atoms with Crippen molar-refractivity contribution in [1.29, 1.82) is 0 Å². The van der Waals surface area contributed by atoms with E-state index in [2.05, 4.69) is 11.8 Å². The molecular weight excluding hydrogens is 239 g/mol. The molecule has 3 unspecified atom stereocenters. The Hall–Kier alpha value is -0.930. The number of benzene rings is 1. The van der Waals surface area contributed by atoms with Crippen molar-refractivity contribution in [3.8, 4) is 0 Å². The van der Waals surface area contributed by atoms with Crippen molar-refractivity contribution in [3.63, 3.8) is 0 Å². The summed E-state index contributed by atoms with van der Waals surface area (Å²) in [6, 6.07) is 7.60. The molecular formula is C16H25FN2. The van der Waals surface area contributed by atoms with Crippen LogP contribution >= 0.6 is 0 Å². The van der Waals surface area contributed by atoms with Crippen molar-refractivity contribution in [3.05, 3.63) is 35.6 Å². The Morgan fingerprint density at radius 3 is 2.53 bits per heavy atom. The first kappa shape index (κ1) is 14.5. The highest BCUT2D eigenvalue weighted by Crippen LogP contribution is 2.29. The van der Waals surface area contributed by atoms with E-state index in [1.807, 2.05) is 19.1 Å². The molecule has 1 aliphatic heterocycles. The zero-order valence-corrected chi connectivity index (χ0v) is 12.0. The Kier molecular flexibility index (Phi) is 4.94. The summed E-state index contributed by atoms with van der Waals surface area (Å²) in [5.74, 6) is -0.184. The lowest BCUT2D eigenvalue weighted by molar-refractivity contribution is 0.130. The van der Waals surface area contributed by atoms with Crippen molar-refractivity contribution in [1.82, 2.24) is 4.90 Å². The van der Waals surface area contributed by atoms with Crippen molar-refractivity contribution in [2.24, 2.45) is 5.73 Å². The Labute approximate surface area is 115 Å². The fourth-order valence-corrected chi connectivity index (χ4v) is 3.17. The Morgan fingerprint density at radius 2 is 1.89 bits per heavy atom. The van der Waals surface area contributed by atoms with Gasteiger partial charge in [-0.05, 0) is 50.9 Å². The molecule has 0 amide bonds. The number of hydrogen-bond donors (Lipinski definition) is 1. The van der Waals surface area contributed by atoms with Gasteiger partial charge in [0.2, 0.25) is 0 Å². The molecule has 19 heavy (non-hydrogen) atoms. The highest BCUT2D eigenvalue weighted by atomic mass is 19.1. The van der Waals surface area contributed by atoms with Gasteiger partial charge in [-0.2, -0.15) is 0 Å². The zero-order chi connectivity index (χ0) is 13.8. The number of rotatable bonds is 3. The SMILES string of the molecule is CC(N)C(c1ccc(F)cc1)N1CCCCCC1C. The molecule has 1 heterocycles. The molecule has 3 atom stereocenters.